The zero-order valence-electron chi connectivity index (χ0n) is 14.7. The van der Waals surface area contributed by atoms with Crippen molar-refractivity contribution in [3.05, 3.63) is 36.0 Å². The van der Waals surface area contributed by atoms with Crippen LogP contribution in [0.5, 0.6) is 0 Å². The van der Waals surface area contributed by atoms with Crippen LogP contribution in [0.15, 0.2) is 30.3 Å². The molecular formula is C20H25N3O2. The van der Waals surface area contributed by atoms with Crippen LogP contribution >= 0.6 is 0 Å². The first kappa shape index (κ1) is 16.2. The summed E-state index contributed by atoms with van der Waals surface area (Å²) in [5.41, 5.74) is 2.46. The molecule has 1 N–H and O–H groups in total. The van der Waals surface area contributed by atoms with Gasteiger partial charge in [0.25, 0.3) is 0 Å². The number of aromatic nitrogens is 1. The molecule has 4 rings (SSSR count). The average Bonchev–Trinajstić information content (AvgIpc) is 3.28. The van der Waals surface area contributed by atoms with E-state index in [-0.39, 0.29) is 17.9 Å². The van der Waals surface area contributed by atoms with Gasteiger partial charge >= 0.3 is 0 Å². The minimum absolute atomic E-state index is 0.0174. The lowest BCUT2D eigenvalue weighted by molar-refractivity contribution is -0.143. The Morgan fingerprint density at radius 1 is 1.08 bits per heavy atom. The second-order valence-corrected chi connectivity index (χ2v) is 7.28. The van der Waals surface area contributed by atoms with E-state index in [1.54, 1.807) is 11.8 Å². The molecule has 2 amide bonds. The van der Waals surface area contributed by atoms with Crippen LogP contribution < -0.4 is 0 Å². The van der Waals surface area contributed by atoms with Gasteiger partial charge in [0.1, 0.15) is 6.04 Å². The molecule has 1 atom stereocenters. The number of likely N-dealkylation sites (tertiary alicyclic amines) is 2. The summed E-state index contributed by atoms with van der Waals surface area (Å²) in [4.78, 5) is 31.8. The fourth-order valence-corrected chi connectivity index (χ4v) is 4.34. The van der Waals surface area contributed by atoms with Crippen LogP contribution in [-0.4, -0.2) is 52.3 Å². The first-order chi connectivity index (χ1) is 12.1. The average molecular weight is 339 g/mol. The third kappa shape index (κ3) is 3.03. The van der Waals surface area contributed by atoms with Crippen molar-refractivity contribution < 1.29 is 9.59 Å². The van der Waals surface area contributed by atoms with E-state index in [1.165, 1.54) is 16.6 Å². The zero-order valence-corrected chi connectivity index (χ0v) is 14.7. The van der Waals surface area contributed by atoms with Crippen molar-refractivity contribution in [1.29, 1.82) is 0 Å². The Kier molecular flexibility index (Phi) is 4.24. The van der Waals surface area contributed by atoms with E-state index in [1.807, 2.05) is 11.0 Å². The molecule has 0 radical (unpaired) electrons. The second-order valence-electron chi connectivity index (χ2n) is 7.28. The number of rotatable bonds is 2. The van der Waals surface area contributed by atoms with E-state index >= 15 is 0 Å². The number of hydrogen-bond donors (Lipinski definition) is 1. The topological polar surface area (TPSA) is 56.4 Å². The summed E-state index contributed by atoms with van der Waals surface area (Å²) in [6, 6.07) is 10.3. The molecule has 2 fully saturated rings. The van der Waals surface area contributed by atoms with E-state index in [2.05, 4.69) is 29.2 Å². The molecule has 1 aromatic carbocycles. The number of aromatic amines is 1. The minimum atomic E-state index is -0.234. The van der Waals surface area contributed by atoms with E-state index in [0.29, 0.717) is 5.92 Å². The van der Waals surface area contributed by atoms with E-state index in [9.17, 15) is 9.59 Å². The number of nitrogens with zero attached hydrogens (tertiary/aromatic N) is 2. The van der Waals surface area contributed by atoms with Crippen molar-refractivity contribution in [2.75, 3.05) is 19.6 Å². The Hall–Kier alpha value is -2.30. The van der Waals surface area contributed by atoms with Crippen LogP contribution in [0.25, 0.3) is 10.9 Å². The molecule has 0 saturated carbocycles. The number of amides is 2. The van der Waals surface area contributed by atoms with Crippen LogP contribution in [0.2, 0.25) is 0 Å². The van der Waals surface area contributed by atoms with Crippen molar-refractivity contribution in [1.82, 2.24) is 14.8 Å². The van der Waals surface area contributed by atoms with E-state index in [4.69, 9.17) is 0 Å². The quantitative estimate of drug-likeness (QED) is 0.915. The molecule has 0 bridgehead atoms. The lowest BCUT2D eigenvalue weighted by Crippen LogP contribution is -2.49. The summed E-state index contributed by atoms with van der Waals surface area (Å²) in [5, 5.41) is 1.25. The molecule has 1 unspecified atom stereocenters. The van der Waals surface area contributed by atoms with Gasteiger partial charge in [-0.3, -0.25) is 9.59 Å². The van der Waals surface area contributed by atoms with Gasteiger partial charge < -0.3 is 14.8 Å². The molecule has 2 aromatic rings. The molecule has 2 aliphatic rings. The summed E-state index contributed by atoms with van der Waals surface area (Å²) in [6.07, 6.45) is 3.69. The molecule has 2 aliphatic heterocycles. The van der Waals surface area contributed by atoms with Crippen LogP contribution in [-0.2, 0) is 9.59 Å². The van der Waals surface area contributed by atoms with Gasteiger partial charge in [0, 0.05) is 43.7 Å². The molecule has 2 saturated heterocycles. The number of hydrogen-bond acceptors (Lipinski definition) is 2. The van der Waals surface area contributed by atoms with Crippen LogP contribution in [0, 0.1) is 0 Å². The third-order valence-electron chi connectivity index (χ3n) is 5.74. The maximum Gasteiger partial charge on any atom is 0.245 e. The van der Waals surface area contributed by atoms with Crippen molar-refractivity contribution in [2.24, 2.45) is 0 Å². The molecule has 0 aliphatic carbocycles. The molecule has 1 aromatic heterocycles. The monoisotopic (exact) mass is 339 g/mol. The zero-order chi connectivity index (χ0) is 17.4. The maximum absolute atomic E-state index is 12.8. The van der Waals surface area contributed by atoms with Gasteiger partial charge in [0.2, 0.25) is 11.8 Å². The Morgan fingerprint density at radius 3 is 2.56 bits per heavy atom. The Bertz CT molecular complexity index is 756. The first-order valence-electron chi connectivity index (χ1n) is 9.27. The Labute approximate surface area is 148 Å². The lowest BCUT2D eigenvalue weighted by Gasteiger charge is -2.35. The molecule has 3 heterocycles. The van der Waals surface area contributed by atoms with Gasteiger partial charge in [0.05, 0.1) is 0 Å². The van der Waals surface area contributed by atoms with Crippen LogP contribution in [0.1, 0.15) is 44.2 Å². The fraction of sp³-hybridized carbons (Fsp3) is 0.500. The van der Waals surface area contributed by atoms with Gasteiger partial charge in [-0.05, 0) is 43.2 Å². The highest BCUT2D eigenvalue weighted by Gasteiger charge is 2.36. The minimum Gasteiger partial charge on any atom is -0.358 e. The number of benzene rings is 1. The number of fused-ring (bicyclic) bond motifs is 1. The Balaban J connectivity index is 1.41. The predicted octanol–water partition coefficient (Wildman–Crippen LogP) is 2.88. The standard InChI is InChI=1S/C20H25N3O2/c1-14(24)23-10-4-7-19(23)20(25)22-11-8-15(9-12-22)18-13-16-5-2-3-6-17(16)21-18/h2-3,5-6,13,15,19,21H,4,7-12H2,1H3. The van der Waals surface area contributed by atoms with Gasteiger partial charge in [-0.1, -0.05) is 18.2 Å². The predicted molar refractivity (Wildman–Crippen MR) is 97.3 cm³/mol. The van der Waals surface area contributed by atoms with Gasteiger partial charge in [-0.2, -0.15) is 0 Å². The van der Waals surface area contributed by atoms with E-state index in [0.717, 1.165) is 45.3 Å². The second kappa shape index (κ2) is 6.54. The number of carbonyl (C=O) groups is 2. The normalized spacial score (nSPS) is 21.9. The molecule has 132 valence electrons. The lowest BCUT2D eigenvalue weighted by atomic mass is 9.93. The van der Waals surface area contributed by atoms with Gasteiger partial charge in [0.15, 0.2) is 0 Å². The fourth-order valence-electron chi connectivity index (χ4n) is 4.34. The highest BCUT2D eigenvalue weighted by atomic mass is 16.2. The summed E-state index contributed by atoms with van der Waals surface area (Å²) < 4.78 is 0. The third-order valence-corrected chi connectivity index (χ3v) is 5.74. The summed E-state index contributed by atoms with van der Waals surface area (Å²) >= 11 is 0. The SMILES string of the molecule is CC(=O)N1CCCC1C(=O)N1CCC(c2cc3ccccc3[nH]2)CC1. The van der Waals surface area contributed by atoms with E-state index < -0.39 is 0 Å². The largest absolute Gasteiger partial charge is 0.358 e. The molecule has 5 heteroatoms. The van der Waals surface area contributed by atoms with Crippen LogP contribution in [0.4, 0.5) is 0 Å². The van der Waals surface area contributed by atoms with Gasteiger partial charge in [-0.25, -0.2) is 0 Å². The number of H-pyrrole nitrogens is 1. The summed E-state index contributed by atoms with van der Waals surface area (Å²) in [7, 11) is 0. The first-order valence-corrected chi connectivity index (χ1v) is 9.27. The molecule has 25 heavy (non-hydrogen) atoms. The molecule has 5 nitrogen and oxygen atoms in total. The number of para-hydroxylation sites is 1. The Morgan fingerprint density at radius 2 is 1.84 bits per heavy atom. The summed E-state index contributed by atoms with van der Waals surface area (Å²) in [6.45, 7) is 3.84. The van der Waals surface area contributed by atoms with Crippen LogP contribution in [0.3, 0.4) is 0 Å². The molecular weight excluding hydrogens is 314 g/mol. The number of nitrogens with one attached hydrogen (secondary N) is 1. The molecule has 0 spiro atoms. The van der Waals surface area contributed by atoms with Crippen molar-refractivity contribution in [2.45, 2.75) is 44.6 Å². The highest BCUT2D eigenvalue weighted by Crippen LogP contribution is 2.31. The van der Waals surface area contributed by atoms with Crippen molar-refractivity contribution >= 4 is 22.7 Å². The smallest absolute Gasteiger partial charge is 0.245 e. The van der Waals surface area contributed by atoms with Crippen molar-refractivity contribution in [3.63, 3.8) is 0 Å². The highest BCUT2D eigenvalue weighted by molar-refractivity contribution is 5.87. The number of carbonyl (C=O) groups excluding carboxylic acids is 2. The van der Waals surface area contributed by atoms with Gasteiger partial charge in [-0.15, -0.1) is 0 Å². The summed E-state index contributed by atoms with van der Waals surface area (Å²) in [5.74, 6) is 0.635. The maximum atomic E-state index is 12.8. The number of piperidine rings is 1. The van der Waals surface area contributed by atoms with Crippen molar-refractivity contribution in [3.8, 4) is 0 Å².